The van der Waals surface area contributed by atoms with E-state index in [4.69, 9.17) is 0 Å². The Kier molecular flexibility index (Phi) is 3.16. The Labute approximate surface area is 73.8 Å². The molecule has 0 radical (unpaired) electrons. The molecular weight excluding hydrogens is 186 g/mol. The van der Waals surface area contributed by atoms with Gasteiger partial charge in [-0.25, -0.2) is 4.79 Å². The van der Waals surface area contributed by atoms with E-state index in [-0.39, 0.29) is 19.8 Å². The number of alkyl halides is 2. The largest absolute Gasteiger partial charge is 0.460 e. The summed E-state index contributed by atoms with van der Waals surface area (Å²) in [6, 6.07) is 0. The smallest absolute Gasteiger partial charge is 0.456 e. The number of hydrogen-bond donors (Lipinski definition) is 0. The van der Waals surface area contributed by atoms with Gasteiger partial charge in [-0.15, -0.1) is 0 Å². The second-order valence-electron chi connectivity index (χ2n) is 2.51. The van der Waals surface area contributed by atoms with Crippen molar-refractivity contribution in [3.63, 3.8) is 0 Å². The highest BCUT2D eigenvalue weighted by Gasteiger charge is 2.46. The third kappa shape index (κ3) is 2.60. The number of esters is 1. The summed E-state index contributed by atoms with van der Waals surface area (Å²) in [7, 11) is 0. The van der Waals surface area contributed by atoms with Gasteiger partial charge in [0.1, 0.15) is 6.10 Å². The zero-order valence-electron chi connectivity index (χ0n) is 7.09. The minimum atomic E-state index is -3.86. The maximum absolute atomic E-state index is 12.7. The summed E-state index contributed by atoms with van der Waals surface area (Å²) >= 11 is 0. The Morgan fingerprint density at radius 2 is 2.23 bits per heavy atom. The lowest BCUT2D eigenvalue weighted by Gasteiger charge is -2.28. The highest BCUT2D eigenvalue weighted by Crippen LogP contribution is 2.22. The molecule has 6 heteroatoms. The normalized spacial score (nSPS) is 18.1. The monoisotopic (exact) mass is 196 g/mol. The second kappa shape index (κ2) is 3.97. The molecule has 0 aromatic rings. The van der Waals surface area contributed by atoms with Gasteiger partial charge in [0.25, 0.3) is 0 Å². The van der Waals surface area contributed by atoms with Crippen molar-refractivity contribution < 1.29 is 27.8 Å². The molecule has 1 rings (SSSR count). The Balaban J connectivity index is 2.38. The van der Waals surface area contributed by atoms with Crippen LogP contribution in [-0.2, 0) is 19.0 Å². The van der Waals surface area contributed by atoms with Crippen LogP contribution >= 0.6 is 0 Å². The molecular formula is C7H10F2O4. The van der Waals surface area contributed by atoms with Gasteiger partial charge < -0.3 is 14.2 Å². The van der Waals surface area contributed by atoms with Crippen LogP contribution in [0.2, 0.25) is 0 Å². The first-order valence-electron chi connectivity index (χ1n) is 3.87. The van der Waals surface area contributed by atoms with Crippen LogP contribution in [0.1, 0.15) is 6.92 Å². The topological polar surface area (TPSA) is 44.8 Å². The van der Waals surface area contributed by atoms with E-state index in [9.17, 15) is 13.6 Å². The predicted molar refractivity (Wildman–Crippen MR) is 37.3 cm³/mol. The van der Waals surface area contributed by atoms with E-state index in [1.807, 2.05) is 0 Å². The Hall–Kier alpha value is -0.750. The molecule has 13 heavy (non-hydrogen) atoms. The van der Waals surface area contributed by atoms with Crippen molar-refractivity contribution in [3.05, 3.63) is 0 Å². The van der Waals surface area contributed by atoms with Crippen molar-refractivity contribution in [2.75, 3.05) is 19.8 Å². The molecule has 0 saturated carbocycles. The third-order valence-corrected chi connectivity index (χ3v) is 1.44. The Morgan fingerprint density at radius 3 is 2.62 bits per heavy atom. The predicted octanol–water partition coefficient (Wildman–Crippen LogP) is 0.558. The molecule has 0 unspecified atom stereocenters. The average Bonchev–Trinajstić information content (AvgIpc) is 1.98. The van der Waals surface area contributed by atoms with Crippen molar-refractivity contribution in [1.82, 2.24) is 0 Å². The van der Waals surface area contributed by atoms with E-state index in [0.717, 1.165) is 0 Å². The summed E-state index contributed by atoms with van der Waals surface area (Å²) in [5, 5.41) is 0. The highest BCUT2D eigenvalue weighted by atomic mass is 19.3. The summed E-state index contributed by atoms with van der Waals surface area (Å²) in [6.07, 6.45) is -4.57. The lowest BCUT2D eigenvalue weighted by atomic mass is 10.3. The van der Waals surface area contributed by atoms with Gasteiger partial charge in [-0.1, -0.05) is 0 Å². The fraction of sp³-hybridized carbons (Fsp3) is 0.857. The quantitative estimate of drug-likeness (QED) is 0.616. The minimum Gasteiger partial charge on any atom is -0.460 e. The van der Waals surface area contributed by atoms with E-state index in [1.54, 1.807) is 0 Å². The second-order valence-corrected chi connectivity index (χ2v) is 2.51. The molecule has 1 fully saturated rings. The van der Waals surface area contributed by atoms with Crippen LogP contribution in [-0.4, -0.2) is 38.0 Å². The molecule has 0 aromatic heterocycles. The van der Waals surface area contributed by atoms with Crippen LogP contribution in [0.15, 0.2) is 0 Å². The van der Waals surface area contributed by atoms with Crippen LogP contribution < -0.4 is 0 Å². The van der Waals surface area contributed by atoms with Crippen LogP contribution in [0.25, 0.3) is 0 Å². The minimum absolute atomic E-state index is 0.0923. The molecule has 0 bridgehead atoms. The summed E-state index contributed by atoms with van der Waals surface area (Å²) in [5.41, 5.74) is 0. The Bertz CT molecular complexity index is 191. The molecule has 1 aliphatic heterocycles. The van der Waals surface area contributed by atoms with Gasteiger partial charge in [0.05, 0.1) is 19.8 Å². The third-order valence-electron chi connectivity index (χ3n) is 1.44. The van der Waals surface area contributed by atoms with Crippen LogP contribution in [0.5, 0.6) is 0 Å². The zero-order chi connectivity index (χ0) is 9.90. The number of rotatable bonds is 4. The summed E-state index contributed by atoms with van der Waals surface area (Å²) in [6.45, 7) is 1.53. The zero-order valence-corrected chi connectivity index (χ0v) is 7.09. The number of carbonyl (C=O) groups excluding carboxylic acids is 1. The fourth-order valence-corrected chi connectivity index (χ4v) is 0.755. The van der Waals surface area contributed by atoms with Gasteiger partial charge in [-0.3, -0.25) is 0 Å². The molecule has 0 spiro atoms. The number of halogens is 2. The van der Waals surface area contributed by atoms with Gasteiger partial charge in [0.2, 0.25) is 0 Å². The van der Waals surface area contributed by atoms with Gasteiger partial charge in [0.15, 0.2) is 0 Å². The van der Waals surface area contributed by atoms with E-state index in [1.165, 1.54) is 6.92 Å². The van der Waals surface area contributed by atoms with Crippen molar-refractivity contribution >= 4 is 5.97 Å². The van der Waals surface area contributed by atoms with Gasteiger partial charge in [-0.2, -0.15) is 8.78 Å². The number of ether oxygens (including phenoxy) is 3. The van der Waals surface area contributed by atoms with Crippen molar-refractivity contribution in [2.24, 2.45) is 0 Å². The molecule has 0 atom stereocenters. The van der Waals surface area contributed by atoms with Crippen LogP contribution in [0.4, 0.5) is 8.78 Å². The van der Waals surface area contributed by atoms with E-state index >= 15 is 0 Å². The van der Waals surface area contributed by atoms with E-state index in [2.05, 4.69) is 14.2 Å². The number of hydrogen-bond acceptors (Lipinski definition) is 4. The highest BCUT2D eigenvalue weighted by molar-refractivity contribution is 5.75. The molecule has 0 aliphatic carbocycles. The molecule has 0 aromatic carbocycles. The molecule has 1 heterocycles. The maximum Gasteiger partial charge on any atom is 0.456 e. The summed E-state index contributed by atoms with van der Waals surface area (Å²) in [4.78, 5) is 10.6. The van der Waals surface area contributed by atoms with E-state index < -0.39 is 18.2 Å². The molecule has 1 saturated heterocycles. The van der Waals surface area contributed by atoms with Crippen molar-refractivity contribution in [3.8, 4) is 0 Å². The van der Waals surface area contributed by atoms with Crippen molar-refractivity contribution in [2.45, 2.75) is 19.1 Å². The first-order chi connectivity index (χ1) is 6.06. The van der Waals surface area contributed by atoms with Crippen LogP contribution in [0, 0.1) is 0 Å². The van der Waals surface area contributed by atoms with E-state index in [0.29, 0.717) is 0 Å². The SMILES string of the molecule is CCOC(=O)C(F)(F)OC1COC1. The lowest BCUT2D eigenvalue weighted by molar-refractivity contribution is -0.295. The number of carbonyl (C=O) groups is 1. The lowest BCUT2D eigenvalue weighted by Crippen LogP contribution is -2.45. The molecule has 4 nitrogen and oxygen atoms in total. The van der Waals surface area contributed by atoms with Crippen molar-refractivity contribution in [1.29, 1.82) is 0 Å². The van der Waals surface area contributed by atoms with Crippen LogP contribution in [0.3, 0.4) is 0 Å². The molecule has 76 valence electrons. The molecule has 0 N–H and O–H groups in total. The average molecular weight is 196 g/mol. The summed E-state index contributed by atoms with van der Waals surface area (Å²) in [5.74, 6) is -1.65. The molecule has 1 aliphatic rings. The fourth-order valence-electron chi connectivity index (χ4n) is 0.755. The first kappa shape index (κ1) is 10.3. The van der Waals surface area contributed by atoms with Gasteiger partial charge >= 0.3 is 12.1 Å². The standard InChI is InChI=1S/C7H10F2O4/c1-2-12-6(10)7(8,9)13-5-3-11-4-5/h5H,2-4H2,1H3. The molecule has 0 amide bonds. The van der Waals surface area contributed by atoms with Gasteiger partial charge in [-0.05, 0) is 6.92 Å². The Morgan fingerprint density at radius 1 is 1.62 bits per heavy atom. The maximum atomic E-state index is 12.7. The summed E-state index contributed by atoms with van der Waals surface area (Å²) < 4.78 is 38.3. The van der Waals surface area contributed by atoms with Gasteiger partial charge in [0, 0.05) is 0 Å². The first-order valence-corrected chi connectivity index (χ1v) is 3.87.